The molecule has 0 aromatic heterocycles. The molecule has 2 aromatic carbocycles. The molecular weight excluding hydrogens is 374 g/mol. The summed E-state index contributed by atoms with van der Waals surface area (Å²) in [7, 11) is -3.94. The molecule has 0 aliphatic rings. The van der Waals surface area contributed by atoms with E-state index in [9.17, 15) is 13.7 Å². The van der Waals surface area contributed by atoms with E-state index in [1.165, 1.54) is 30.3 Å². The van der Waals surface area contributed by atoms with Crippen molar-refractivity contribution < 1.29 is 17.9 Å². The summed E-state index contributed by atoms with van der Waals surface area (Å²) < 4.78 is 36.3. The van der Waals surface area contributed by atoms with E-state index in [0.29, 0.717) is 35.3 Å². The number of nitriles is 1. The molecule has 0 unspecified atom stereocenters. The van der Waals surface area contributed by atoms with Crippen LogP contribution in [-0.2, 0) is 9.84 Å². The first-order chi connectivity index (χ1) is 12.4. The minimum absolute atomic E-state index is 0.00525. The lowest BCUT2D eigenvalue weighted by Crippen LogP contribution is -2.03. The largest absolute Gasteiger partial charge is 0.490 e. The zero-order chi connectivity index (χ0) is 19.2. The third-order valence-corrected chi connectivity index (χ3v) is 5.32. The number of hydrogen-bond acceptors (Lipinski definition) is 5. The van der Waals surface area contributed by atoms with Crippen LogP contribution < -0.4 is 9.47 Å². The molecule has 0 saturated carbocycles. The highest BCUT2D eigenvalue weighted by molar-refractivity contribution is 7.95. The molecule has 2 rings (SSSR count). The fourth-order valence-electron chi connectivity index (χ4n) is 2.22. The minimum Gasteiger partial charge on any atom is -0.490 e. The summed E-state index contributed by atoms with van der Waals surface area (Å²) in [5.74, 6) is 1.05. The van der Waals surface area contributed by atoms with Crippen LogP contribution in [0.15, 0.2) is 52.3 Å². The molecule has 0 aliphatic carbocycles. The number of benzene rings is 2. The van der Waals surface area contributed by atoms with Gasteiger partial charge in [-0.2, -0.15) is 5.26 Å². The summed E-state index contributed by atoms with van der Waals surface area (Å²) in [6.45, 7) is 4.60. The Balaban J connectivity index is 2.46. The van der Waals surface area contributed by atoms with Gasteiger partial charge in [-0.25, -0.2) is 8.42 Å². The van der Waals surface area contributed by atoms with Gasteiger partial charge in [-0.05, 0) is 61.9 Å². The molecule has 0 atom stereocenters. The highest BCUT2D eigenvalue weighted by Crippen LogP contribution is 2.30. The number of allylic oxidation sites excluding steroid dienone is 1. The number of sulfone groups is 1. The SMILES string of the molecule is CCOc1ccc(/C=C(/C#N)S(=O)(=O)c2ccc(Cl)cc2)cc1OCC. The van der Waals surface area contributed by atoms with Gasteiger partial charge in [-0.1, -0.05) is 17.7 Å². The maximum Gasteiger partial charge on any atom is 0.216 e. The summed E-state index contributed by atoms with van der Waals surface area (Å²) in [5, 5.41) is 9.79. The monoisotopic (exact) mass is 391 g/mol. The van der Waals surface area contributed by atoms with Crippen LogP contribution >= 0.6 is 11.6 Å². The van der Waals surface area contributed by atoms with Gasteiger partial charge in [0.25, 0.3) is 0 Å². The van der Waals surface area contributed by atoms with Gasteiger partial charge in [-0.15, -0.1) is 0 Å². The second-order valence-electron chi connectivity index (χ2n) is 5.15. The number of halogens is 1. The van der Waals surface area contributed by atoms with E-state index in [0.717, 1.165) is 0 Å². The Morgan fingerprint density at radius 1 is 1.08 bits per heavy atom. The highest BCUT2D eigenvalue weighted by Gasteiger charge is 2.21. The molecule has 2 aromatic rings. The van der Waals surface area contributed by atoms with Crippen LogP contribution in [-0.4, -0.2) is 21.6 Å². The molecule has 0 heterocycles. The molecule has 0 aliphatic heterocycles. The summed E-state index contributed by atoms with van der Waals surface area (Å²) in [4.78, 5) is -0.364. The molecule has 0 spiro atoms. The molecule has 0 saturated heterocycles. The molecule has 0 radical (unpaired) electrons. The smallest absolute Gasteiger partial charge is 0.216 e. The van der Waals surface area contributed by atoms with Gasteiger partial charge in [0.1, 0.15) is 11.0 Å². The van der Waals surface area contributed by atoms with Gasteiger partial charge in [0, 0.05) is 5.02 Å². The number of ether oxygens (including phenoxy) is 2. The molecule has 0 amide bonds. The van der Waals surface area contributed by atoms with Crippen LogP contribution in [0.1, 0.15) is 19.4 Å². The number of rotatable bonds is 7. The molecule has 26 heavy (non-hydrogen) atoms. The Morgan fingerprint density at radius 3 is 2.27 bits per heavy atom. The molecule has 136 valence electrons. The first-order valence-corrected chi connectivity index (χ1v) is 9.80. The van der Waals surface area contributed by atoms with Crippen molar-refractivity contribution in [2.75, 3.05) is 13.2 Å². The predicted molar refractivity (Wildman–Crippen MR) is 101 cm³/mol. The lowest BCUT2D eigenvalue weighted by Gasteiger charge is -2.11. The van der Waals surface area contributed by atoms with Gasteiger partial charge in [0.2, 0.25) is 9.84 Å². The lowest BCUT2D eigenvalue weighted by atomic mass is 10.2. The quantitative estimate of drug-likeness (QED) is 0.650. The Hall–Kier alpha value is -2.49. The standard InChI is InChI=1S/C19H18ClNO4S/c1-3-24-18-10-5-14(12-19(18)25-4-2)11-17(13-21)26(22,23)16-8-6-15(20)7-9-16/h5-12H,3-4H2,1-2H3/b17-11-. The predicted octanol–water partition coefficient (Wildman–Crippen LogP) is 4.48. The summed E-state index contributed by atoms with van der Waals surface area (Å²) >= 11 is 5.79. The van der Waals surface area contributed by atoms with E-state index in [2.05, 4.69) is 0 Å². The van der Waals surface area contributed by atoms with Crippen LogP contribution in [0.4, 0.5) is 0 Å². The van der Waals surface area contributed by atoms with Crippen molar-refractivity contribution in [3.63, 3.8) is 0 Å². The van der Waals surface area contributed by atoms with Crippen LogP contribution in [0, 0.1) is 11.3 Å². The zero-order valence-corrected chi connectivity index (χ0v) is 16.0. The Kier molecular flexibility index (Phi) is 6.67. The third-order valence-electron chi connectivity index (χ3n) is 3.39. The number of hydrogen-bond donors (Lipinski definition) is 0. The molecular formula is C19H18ClNO4S. The first kappa shape index (κ1) is 19.8. The topological polar surface area (TPSA) is 76.4 Å². The van der Waals surface area contributed by atoms with Crippen molar-refractivity contribution in [1.82, 2.24) is 0 Å². The van der Waals surface area contributed by atoms with Crippen molar-refractivity contribution in [3.8, 4) is 17.6 Å². The van der Waals surface area contributed by atoms with Crippen molar-refractivity contribution in [1.29, 1.82) is 5.26 Å². The van der Waals surface area contributed by atoms with E-state index in [4.69, 9.17) is 21.1 Å². The molecule has 0 N–H and O–H groups in total. The third kappa shape index (κ3) is 4.57. The maximum absolute atomic E-state index is 12.7. The lowest BCUT2D eigenvalue weighted by molar-refractivity contribution is 0.287. The summed E-state index contributed by atoms with van der Waals surface area (Å²) in [6.07, 6.45) is 1.31. The van der Waals surface area contributed by atoms with E-state index in [1.807, 2.05) is 13.8 Å². The fraction of sp³-hybridized carbons (Fsp3) is 0.211. The van der Waals surface area contributed by atoms with Crippen molar-refractivity contribution in [2.45, 2.75) is 18.7 Å². The minimum atomic E-state index is -3.94. The second kappa shape index (κ2) is 8.75. The average molecular weight is 392 g/mol. The number of nitrogens with zero attached hydrogens (tertiary/aromatic N) is 1. The van der Waals surface area contributed by atoms with Gasteiger partial charge in [-0.3, -0.25) is 0 Å². The van der Waals surface area contributed by atoms with E-state index in [-0.39, 0.29) is 9.80 Å². The van der Waals surface area contributed by atoms with Crippen LogP contribution in [0.3, 0.4) is 0 Å². The molecule has 0 fully saturated rings. The highest BCUT2D eigenvalue weighted by atomic mass is 35.5. The van der Waals surface area contributed by atoms with Gasteiger partial charge < -0.3 is 9.47 Å². The Morgan fingerprint density at radius 2 is 1.69 bits per heavy atom. The second-order valence-corrected chi connectivity index (χ2v) is 7.50. The maximum atomic E-state index is 12.7. The normalized spacial score (nSPS) is 11.7. The van der Waals surface area contributed by atoms with Crippen molar-refractivity contribution in [2.24, 2.45) is 0 Å². The Labute approximate surface area is 158 Å². The first-order valence-electron chi connectivity index (χ1n) is 7.94. The van der Waals surface area contributed by atoms with Gasteiger partial charge in [0.05, 0.1) is 18.1 Å². The fourth-order valence-corrected chi connectivity index (χ4v) is 3.51. The van der Waals surface area contributed by atoms with Gasteiger partial charge >= 0.3 is 0 Å². The Bertz CT molecular complexity index is 944. The van der Waals surface area contributed by atoms with Crippen molar-refractivity contribution in [3.05, 3.63) is 58.0 Å². The molecule has 7 heteroatoms. The van der Waals surface area contributed by atoms with Crippen LogP contribution in [0.2, 0.25) is 5.02 Å². The molecule has 0 bridgehead atoms. The van der Waals surface area contributed by atoms with E-state index in [1.54, 1.807) is 24.3 Å². The van der Waals surface area contributed by atoms with E-state index < -0.39 is 9.84 Å². The van der Waals surface area contributed by atoms with Crippen LogP contribution in [0.5, 0.6) is 11.5 Å². The molecule has 5 nitrogen and oxygen atoms in total. The zero-order valence-electron chi connectivity index (χ0n) is 14.4. The van der Waals surface area contributed by atoms with E-state index >= 15 is 0 Å². The summed E-state index contributed by atoms with van der Waals surface area (Å²) in [5.41, 5.74) is 0.519. The summed E-state index contributed by atoms with van der Waals surface area (Å²) in [6, 6.07) is 12.4. The average Bonchev–Trinajstić information content (AvgIpc) is 2.62. The van der Waals surface area contributed by atoms with Gasteiger partial charge in [0.15, 0.2) is 11.5 Å². The van der Waals surface area contributed by atoms with Crippen molar-refractivity contribution >= 4 is 27.5 Å². The van der Waals surface area contributed by atoms with Crippen LogP contribution in [0.25, 0.3) is 6.08 Å².